The van der Waals surface area contributed by atoms with Crippen LogP contribution >= 0.6 is 0 Å². The Bertz CT molecular complexity index is 404. The number of nitrogens with zero attached hydrogens (tertiary/aromatic N) is 1. The summed E-state index contributed by atoms with van der Waals surface area (Å²) in [5.74, 6) is 0.727. The average molecular weight is 221 g/mol. The second-order valence-corrected chi connectivity index (χ2v) is 3.41. The van der Waals surface area contributed by atoms with Gasteiger partial charge in [0.05, 0.1) is 0 Å². The normalized spacial score (nSPS) is 8.88. The molecule has 0 fully saturated rings. The van der Waals surface area contributed by atoms with E-state index in [1.54, 1.807) is 0 Å². The number of aryl methyl sites for hydroxylation is 2. The minimum atomic E-state index is 0.727. The van der Waals surface area contributed by atoms with Crippen LogP contribution in [0.4, 0.5) is 0 Å². The van der Waals surface area contributed by atoms with E-state index in [1.807, 2.05) is 45.9 Å². The molecule has 0 radical (unpaired) electrons. The van der Waals surface area contributed by atoms with Crippen molar-refractivity contribution in [3.05, 3.63) is 29.7 Å². The Hall–Kier alpha value is -1.31. The summed E-state index contributed by atoms with van der Waals surface area (Å²) >= 11 is 0. The van der Waals surface area contributed by atoms with E-state index < -0.39 is 0 Å². The maximum Gasteiger partial charge on any atom is 0.192 e. The van der Waals surface area contributed by atoms with Gasteiger partial charge in [-0.25, -0.2) is 4.98 Å². The highest BCUT2D eigenvalue weighted by Gasteiger charge is 1.99. The zero-order valence-corrected chi connectivity index (χ0v) is 11.3. The molecular weight excluding hydrogens is 198 g/mol. The second kappa shape index (κ2) is 7.91. The van der Waals surface area contributed by atoms with E-state index in [2.05, 4.69) is 18.8 Å². The Kier molecular flexibility index (Phi) is 7.27. The van der Waals surface area contributed by atoms with E-state index in [0.29, 0.717) is 0 Å². The lowest BCUT2D eigenvalue weighted by atomic mass is 10.2. The number of aromatic nitrogens is 1. The van der Waals surface area contributed by atoms with Crippen LogP contribution in [0.3, 0.4) is 0 Å². The molecule has 16 heavy (non-hydrogen) atoms. The molecule has 0 atom stereocenters. The highest BCUT2D eigenvalue weighted by atomic mass is 16.3. The maximum absolute atomic E-state index is 5.31. The first-order valence-electron chi connectivity index (χ1n) is 6.01. The molecule has 0 aliphatic carbocycles. The largest absolute Gasteiger partial charge is 0.441 e. The predicted molar refractivity (Wildman–Crippen MR) is 70.8 cm³/mol. The smallest absolute Gasteiger partial charge is 0.192 e. The van der Waals surface area contributed by atoms with Gasteiger partial charge in [-0.3, -0.25) is 0 Å². The van der Waals surface area contributed by atoms with Crippen LogP contribution in [0.5, 0.6) is 0 Å². The molecule has 0 amide bonds. The lowest BCUT2D eigenvalue weighted by Gasteiger charge is -1.87. The van der Waals surface area contributed by atoms with Crippen LogP contribution in [0.1, 0.15) is 45.6 Å². The first-order valence-corrected chi connectivity index (χ1v) is 6.01. The van der Waals surface area contributed by atoms with Gasteiger partial charge in [-0.05, 0) is 24.6 Å². The van der Waals surface area contributed by atoms with Gasteiger partial charge < -0.3 is 4.42 Å². The van der Waals surface area contributed by atoms with Crippen molar-refractivity contribution < 1.29 is 4.42 Å². The molecule has 1 aromatic carbocycles. The number of fused-ring (bicyclic) bond motifs is 1. The monoisotopic (exact) mass is 221 g/mol. The highest BCUT2D eigenvalue weighted by Crippen LogP contribution is 2.15. The summed E-state index contributed by atoms with van der Waals surface area (Å²) in [5, 5.41) is 0. The Labute approximate surface area is 98.7 Å². The van der Waals surface area contributed by atoms with Crippen molar-refractivity contribution in [2.45, 2.75) is 48.0 Å². The average Bonchev–Trinajstić information content (AvgIpc) is 2.61. The van der Waals surface area contributed by atoms with E-state index in [0.717, 1.165) is 17.0 Å². The third kappa shape index (κ3) is 4.47. The van der Waals surface area contributed by atoms with Gasteiger partial charge in [-0.1, -0.05) is 40.2 Å². The number of hydrogen-bond acceptors (Lipinski definition) is 2. The van der Waals surface area contributed by atoms with E-state index in [4.69, 9.17) is 4.42 Å². The van der Waals surface area contributed by atoms with Crippen LogP contribution in [0.25, 0.3) is 11.1 Å². The zero-order valence-electron chi connectivity index (χ0n) is 11.3. The van der Waals surface area contributed by atoms with Gasteiger partial charge in [0.2, 0.25) is 0 Å². The fourth-order valence-corrected chi connectivity index (χ4v) is 1.15. The highest BCUT2D eigenvalue weighted by molar-refractivity contribution is 5.73. The molecule has 0 aliphatic heterocycles. The first kappa shape index (κ1) is 14.7. The van der Waals surface area contributed by atoms with Crippen LogP contribution in [0.15, 0.2) is 22.6 Å². The summed E-state index contributed by atoms with van der Waals surface area (Å²) in [7, 11) is 0. The number of hydrogen-bond donors (Lipinski definition) is 0. The van der Waals surface area contributed by atoms with Crippen molar-refractivity contribution in [2.75, 3.05) is 0 Å². The Morgan fingerprint density at radius 2 is 1.69 bits per heavy atom. The molecule has 0 spiro atoms. The van der Waals surface area contributed by atoms with Crippen molar-refractivity contribution in [3.63, 3.8) is 0 Å². The van der Waals surface area contributed by atoms with Gasteiger partial charge in [-0.2, -0.15) is 0 Å². The van der Waals surface area contributed by atoms with Gasteiger partial charge in [-0.15, -0.1) is 0 Å². The van der Waals surface area contributed by atoms with Crippen LogP contribution in [-0.2, 0) is 0 Å². The van der Waals surface area contributed by atoms with Gasteiger partial charge in [0.1, 0.15) is 5.52 Å². The number of rotatable bonds is 0. The molecule has 0 unspecified atom stereocenters. The molecule has 2 aromatic rings. The fraction of sp³-hybridized carbons (Fsp3) is 0.500. The summed E-state index contributed by atoms with van der Waals surface area (Å²) in [5.41, 5.74) is 3.03. The molecule has 1 heterocycles. The van der Waals surface area contributed by atoms with E-state index in [-0.39, 0.29) is 0 Å². The minimum Gasteiger partial charge on any atom is -0.441 e. The molecule has 2 heteroatoms. The number of oxazole rings is 1. The van der Waals surface area contributed by atoms with E-state index >= 15 is 0 Å². The SMILES string of the molecule is CC.CCC.Cc1ccc2oc(C)nc2c1. The van der Waals surface area contributed by atoms with E-state index in [1.165, 1.54) is 12.0 Å². The van der Waals surface area contributed by atoms with Crippen LogP contribution in [0, 0.1) is 13.8 Å². The van der Waals surface area contributed by atoms with Crippen LogP contribution in [-0.4, -0.2) is 4.98 Å². The molecule has 0 N–H and O–H groups in total. The Morgan fingerprint density at radius 1 is 1.12 bits per heavy atom. The zero-order chi connectivity index (χ0) is 12.6. The predicted octanol–water partition coefficient (Wildman–Crippen LogP) is 4.89. The molecule has 1 aromatic heterocycles. The minimum absolute atomic E-state index is 0.727. The van der Waals surface area contributed by atoms with Crippen molar-refractivity contribution in [2.24, 2.45) is 0 Å². The quantitative estimate of drug-likeness (QED) is 0.633. The summed E-state index contributed by atoms with van der Waals surface area (Å²) in [6.07, 6.45) is 1.25. The van der Waals surface area contributed by atoms with Crippen molar-refractivity contribution in [1.82, 2.24) is 4.98 Å². The number of benzene rings is 1. The topological polar surface area (TPSA) is 26.0 Å². The van der Waals surface area contributed by atoms with Gasteiger partial charge in [0.25, 0.3) is 0 Å². The van der Waals surface area contributed by atoms with E-state index in [9.17, 15) is 0 Å². The first-order chi connectivity index (χ1) is 7.67. The van der Waals surface area contributed by atoms with Crippen molar-refractivity contribution in [3.8, 4) is 0 Å². The summed E-state index contributed by atoms with van der Waals surface area (Å²) in [4.78, 5) is 4.21. The third-order valence-electron chi connectivity index (χ3n) is 1.65. The molecule has 2 rings (SSSR count). The lowest BCUT2D eigenvalue weighted by Crippen LogP contribution is -1.71. The summed E-state index contributed by atoms with van der Waals surface area (Å²) in [6, 6.07) is 5.99. The molecule has 0 saturated heterocycles. The van der Waals surface area contributed by atoms with Gasteiger partial charge in [0, 0.05) is 6.92 Å². The van der Waals surface area contributed by atoms with Gasteiger partial charge in [0.15, 0.2) is 11.5 Å². The standard InChI is InChI=1S/C9H9NO.C3H8.C2H6/c1-6-3-4-9-8(5-6)10-7(2)11-9;1-3-2;1-2/h3-5H,1-2H3;3H2,1-2H3;1-2H3. The van der Waals surface area contributed by atoms with Crippen LogP contribution in [0.2, 0.25) is 0 Å². The molecule has 0 bridgehead atoms. The third-order valence-corrected chi connectivity index (χ3v) is 1.65. The molecule has 2 nitrogen and oxygen atoms in total. The Morgan fingerprint density at radius 3 is 2.25 bits per heavy atom. The van der Waals surface area contributed by atoms with Gasteiger partial charge >= 0.3 is 0 Å². The molecule has 0 aliphatic rings. The summed E-state index contributed by atoms with van der Waals surface area (Å²) in [6.45, 7) is 12.2. The van der Waals surface area contributed by atoms with Crippen LogP contribution < -0.4 is 0 Å². The molecular formula is C14H23NO. The molecule has 0 saturated carbocycles. The van der Waals surface area contributed by atoms with Crippen molar-refractivity contribution >= 4 is 11.1 Å². The molecule has 90 valence electrons. The lowest BCUT2D eigenvalue weighted by molar-refractivity contribution is 0.561. The maximum atomic E-state index is 5.31. The Balaban J connectivity index is 0.000000394. The summed E-state index contributed by atoms with van der Waals surface area (Å²) < 4.78 is 5.31. The fourth-order valence-electron chi connectivity index (χ4n) is 1.15. The second-order valence-electron chi connectivity index (χ2n) is 3.41. The van der Waals surface area contributed by atoms with Crippen molar-refractivity contribution in [1.29, 1.82) is 0 Å².